The second-order valence-electron chi connectivity index (χ2n) is 8.55. The van der Waals surface area contributed by atoms with Crippen molar-refractivity contribution in [2.24, 2.45) is 0 Å². The number of ether oxygens (including phenoxy) is 1. The van der Waals surface area contributed by atoms with Crippen molar-refractivity contribution in [1.29, 1.82) is 0 Å². The number of nitrogen functional groups attached to an aromatic ring is 1. The number of benzene rings is 1. The predicted octanol–water partition coefficient (Wildman–Crippen LogP) is 2.48. The van der Waals surface area contributed by atoms with Gasteiger partial charge in [-0.1, -0.05) is 24.6 Å². The lowest BCUT2D eigenvalue weighted by Gasteiger charge is -2.48. The second-order valence-corrected chi connectivity index (χ2v) is 8.55. The van der Waals surface area contributed by atoms with Crippen LogP contribution < -0.4 is 15.4 Å². The Balaban J connectivity index is 1.18. The van der Waals surface area contributed by atoms with Gasteiger partial charge in [0.05, 0.1) is 6.26 Å². The lowest BCUT2D eigenvalue weighted by Crippen LogP contribution is -2.60. The number of nitrogens with zero attached hydrogens (tertiary/aromatic N) is 7. The van der Waals surface area contributed by atoms with Crippen molar-refractivity contribution in [3.8, 4) is 17.3 Å². The Morgan fingerprint density at radius 2 is 1.94 bits per heavy atom. The average Bonchev–Trinajstić information content (AvgIpc) is 3.53. The van der Waals surface area contributed by atoms with Gasteiger partial charge in [-0.3, -0.25) is 4.90 Å². The van der Waals surface area contributed by atoms with Gasteiger partial charge in [0, 0.05) is 31.7 Å². The number of anilines is 2. The standard InChI is InChI=1S/C23H26N8O2/c24-21-26-22(27-23-25-20(28-31(21)23)19-10-5-13-32-19)29-11-12-30-16(14-29)6-4-7-17(30)15-33-18-8-2-1-3-9-18/h1-3,5,8-10,13,16-17H,4,6-7,11-12,14-15H2,(H2,24,25,26,27,28). The molecule has 33 heavy (non-hydrogen) atoms. The first-order chi connectivity index (χ1) is 16.2. The van der Waals surface area contributed by atoms with Gasteiger partial charge in [-0.2, -0.15) is 19.5 Å². The number of hydrogen-bond donors (Lipinski definition) is 1. The number of fused-ring (bicyclic) bond motifs is 2. The van der Waals surface area contributed by atoms with Crippen molar-refractivity contribution in [3.63, 3.8) is 0 Å². The van der Waals surface area contributed by atoms with Crippen LogP contribution >= 0.6 is 0 Å². The van der Waals surface area contributed by atoms with E-state index in [9.17, 15) is 0 Å². The molecule has 5 heterocycles. The molecule has 10 nitrogen and oxygen atoms in total. The van der Waals surface area contributed by atoms with Crippen molar-refractivity contribution >= 4 is 17.7 Å². The molecule has 0 saturated carbocycles. The number of piperazine rings is 1. The highest BCUT2D eigenvalue weighted by Gasteiger charge is 2.36. The van der Waals surface area contributed by atoms with Crippen molar-refractivity contribution < 1.29 is 9.15 Å². The van der Waals surface area contributed by atoms with Gasteiger partial charge in [-0.05, 0) is 37.1 Å². The molecule has 0 amide bonds. The van der Waals surface area contributed by atoms with Crippen LogP contribution in [0.1, 0.15) is 19.3 Å². The molecule has 2 N–H and O–H groups in total. The number of furan rings is 1. The van der Waals surface area contributed by atoms with E-state index >= 15 is 0 Å². The number of piperidine rings is 1. The summed E-state index contributed by atoms with van der Waals surface area (Å²) in [6, 6.07) is 14.5. The molecule has 3 aromatic heterocycles. The van der Waals surface area contributed by atoms with Gasteiger partial charge in [0.15, 0.2) is 5.76 Å². The van der Waals surface area contributed by atoms with Crippen LogP contribution in [0.15, 0.2) is 53.1 Å². The Labute approximate surface area is 191 Å². The van der Waals surface area contributed by atoms with Gasteiger partial charge in [-0.25, -0.2) is 0 Å². The van der Waals surface area contributed by atoms with E-state index in [4.69, 9.17) is 14.9 Å². The molecule has 6 rings (SSSR count). The largest absolute Gasteiger partial charge is 0.492 e. The van der Waals surface area contributed by atoms with Crippen LogP contribution in [0, 0.1) is 0 Å². The van der Waals surface area contributed by atoms with Crippen molar-refractivity contribution in [3.05, 3.63) is 48.7 Å². The minimum Gasteiger partial charge on any atom is -0.492 e. The fourth-order valence-electron chi connectivity index (χ4n) is 4.88. The molecule has 0 aliphatic carbocycles. The first-order valence-corrected chi connectivity index (χ1v) is 11.4. The highest BCUT2D eigenvalue weighted by Crippen LogP contribution is 2.29. The van der Waals surface area contributed by atoms with Crippen LogP contribution in [0.4, 0.5) is 11.9 Å². The number of rotatable bonds is 5. The lowest BCUT2D eigenvalue weighted by molar-refractivity contribution is 0.0431. The average molecular weight is 447 g/mol. The normalized spacial score (nSPS) is 21.3. The molecule has 2 saturated heterocycles. The first kappa shape index (κ1) is 20.0. The zero-order chi connectivity index (χ0) is 22.2. The third kappa shape index (κ3) is 3.86. The topological polar surface area (TPSA) is 111 Å². The number of aromatic nitrogens is 5. The molecule has 4 aromatic rings. The fourth-order valence-corrected chi connectivity index (χ4v) is 4.88. The summed E-state index contributed by atoms with van der Waals surface area (Å²) in [6.45, 7) is 3.33. The molecule has 0 spiro atoms. The van der Waals surface area contributed by atoms with Gasteiger partial charge in [-0.15, -0.1) is 5.10 Å². The highest BCUT2D eigenvalue weighted by molar-refractivity contribution is 5.53. The van der Waals surface area contributed by atoms with Crippen LogP contribution in [0.5, 0.6) is 5.75 Å². The predicted molar refractivity (Wildman–Crippen MR) is 123 cm³/mol. The van der Waals surface area contributed by atoms with Gasteiger partial charge in [0.1, 0.15) is 12.4 Å². The maximum atomic E-state index is 6.20. The molecular formula is C23H26N8O2. The molecule has 0 bridgehead atoms. The van der Waals surface area contributed by atoms with E-state index in [1.807, 2.05) is 30.3 Å². The van der Waals surface area contributed by atoms with E-state index in [2.05, 4.69) is 29.9 Å². The summed E-state index contributed by atoms with van der Waals surface area (Å²) in [4.78, 5) is 18.5. The van der Waals surface area contributed by atoms with Crippen molar-refractivity contribution in [1.82, 2.24) is 29.5 Å². The summed E-state index contributed by atoms with van der Waals surface area (Å²) in [6.07, 6.45) is 5.09. The van der Waals surface area contributed by atoms with Gasteiger partial charge >= 0.3 is 0 Å². The molecule has 2 atom stereocenters. The summed E-state index contributed by atoms with van der Waals surface area (Å²) in [5.41, 5.74) is 6.20. The molecule has 2 fully saturated rings. The molecule has 1 aromatic carbocycles. The smallest absolute Gasteiger partial charge is 0.259 e. The Hall–Kier alpha value is -3.66. The first-order valence-electron chi connectivity index (χ1n) is 11.4. The van der Waals surface area contributed by atoms with Crippen LogP contribution in [0.3, 0.4) is 0 Å². The molecule has 2 aliphatic heterocycles. The Morgan fingerprint density at radius 3 is 2.79 bits per heavy atom. The number of para-hydroxylation sites is 1. The minimum atomic E-state index is 0.264. The highest BCUT2D eigenvalue weighted by atomic mass is 16.5. The Bertz CT molecular complexity index is 1230. The van der Waals surface area contributed by atoms with Crippen LogP contribution in [-0.4, -0.2) is 67.8 Å². The monoisotopic (exact) mass is 446 g/mol. The molecule has 2 aliphatic rings. The van der Waals surface area contributed by atoms with E-state index in [-0.39, 0.29) is 5.95 Å². The van der Waals surface area contributed by atoms with Crippen molar-refractivity contribution in [2.45, 2.75) is 31.3 Å². The SMILES string of the molecule is Nc1nc(N2CCN3C(COc4ccccc4)CCCC3C2)nc2nc(-c3ccco3)nn12. The fraction of sp³-hybridized carbons (Fsp3) is 0.391. The van der Waals surface area contributed by atoms with Crippen molar-refractivity contribution in [2.75, 3.05) is 36.9 Å². The summed E-state index contributed by atoms with van der Waals surface area (Å²) >= 11 is 0. The summed E-state index contributed by atoms with van der Waals surface area (Å²) in [5, 5.41) is 4.38. The van der Waals surface area contributed by atoms with Gasteiger partial charge in [0.25, 0.3) is 5.78 Å². The van der Waals surface area contributed by atoms with E-state index in [1.54, 1.807) is 18.4 Å². The third-order valence-electron chi connectivity index (χ3n) is 6.50. The van der Waals surface area contributed by atoms with E-state index in [0.29, 0.717) is 42.0 Å². The van der Waals surface area contributed by atoms with E-state index in [1.165, 1.54) is 10.9 Å². The molecular weight excluding hydrogens is 420 g/mol. The van der Waals surface area contributed by atoms with Crippen LogP contribution in [-0.2, 0) is 0 Å². The zero-order valence-corrected chi connectivity index (χ0v) is 18.2. The van der Waals surface area contributed by atoms with Crippen LogP contribution in [0.2, 0.25) is 0 Å². The van der Waals surface area contributed by atoms with Gasteiger partial charge < -0.3 is 19.8 Å². The maximum absolute atomic E-state index is 6.20. The van der Waals surface area contributed by atoms with Gasteiger partial charge in [0.2, 0.25) is 17.7 Å². The zero-order valence-electron chi connectivity index (χ0n) is 18.2. The molecule has 170 valence electrons. The number of hydrogen-bond acceptors (Lipinski definition) is 9. The number of nitrogens with two attached hydrogens (primary N) is 1. The quantitative estimate of drug-likeness (QED) is 0.494. The second kappa shape index (κ2) is 8.36. The van der Waals surface area contributed by atoms with E-state index in [0.717, 1.165) is 38.2 Å². The molecule has 0 radical (unpaired) electrons. The Morgan fingerprint density at radius 1 is 1.03 bits per heavy atom. The third-order valence-corrected chi connectivity index (χ3v) is 6.50. The summed E-state index contributed by atoms with van der Waals surface area (Å²) in [7, 11) is 0. The molecule has 10 heteroatoms. The maximum Gasteiger partial charge on any atom is 0.259 e. The summed E-state index contributed by atoms with van der Waals surface area (Å²) in [5.74, 6) is 3.22. The van der Waals surface area contributed by atoms with Crippen LogP contribution in [0.25, 0.3) is 17.4 Å². The molecule has 2 unspecified atom stereocenters. The summed E-state index contributed by atoms with van der Waals surface area (Å²) < 4.78 is 12.9. The Kier molecular flexibility index (Phi) is 5.06. The van der Waals surface area contributed by atoms with E-state index < -0.39 is 0 Å². The minimum absolute atomic E-state index is 0.264. The lowest BCUT2D eigenvalue weighted by atomic mass is 9.94.